The largest absolute Gasteiger partial charge is 0.390 e. The molecule has 0 fully saturated rings. The normalized spacial score (nSPS) is 16.1. The molecule has 0 saturated carbocycles. The monoisotopic (exact) mass is 287 g/mol. The molecule has 3 heteroatoms. The Morgan fingerprint density at radius 2 is 1.70 bits per heavy atom. The third-order valence-electron chi connectivity index (χ3n) is 3.96. The van der Waals surface area contributed by atoms with Crippen LogP contribution in [0.4, 0.5) is 0 Å². The molecule has 2 N–H and O–H groups in total. The first-order chi connectivity index (χ1) is 9.69. The minimum atomic E-state index is -0.348. The molecule has 0 aliphatic heterocycles. The molecule has 3 unspecified atom stereocenters. The van der Waals surface area contributed by atoms with Crippen molar-refractivity contribution in [2.75, 3.05) is 13.7 Å². The summed E-state index contributed by atoms with van der Waals surface area (Å²) in [5.41, 5.74) is 0. The summed E-state index contributed by atoms with van der Waals surface area (Å²) in [6.45, 7) is 7.18. The lowest BCUT2D eigenvalue weighted by molar-refractivity contribution is -0.0453. The number of nitrogens with one attached hydrogen (secondary N) is 1. The molecule has 0 amide bonds. The standard InChI is InChI=1S/C17H37NO2/c1-5-8-9-10-11-12-15(18-4)14-16(19)17(7-3)20-13-6-2/h15-19H,5-14H2,1-4H3. The summed E-state index contributed by atoms with van der Waals surface area (Å²) in [5.74, 6) is 0. The molecule has 122 valence electrons. The van der Waals surface area contributed by atoms with Gasteiger partial charge < -0.3 is 15.2 Å². The van der Waals surface area contributed by atoms with E-state index in [0.717, 1.165) is 32.3 Å². The molecule has 3 nitrogen and oxygen atoms in total. The zero-order chi connectivity index (χ0) is 15.2. The average molecular weight is 287 g/mol. The minimum Gasteiger partial charge on any atom is -0.390 e. The van der Waals surface area contributed by atoms with Crippen molar-refractivity contribution >= 4 is 0 Å². The third-order valence-corrected chi connectivity index (χ3v) is 3.96. The third kappa shape index (κ3) is 9.73. The van der Waals surface area contributed by atoms with Crippen molar-refractivity contribution in [1.82, 2.24) is 5.32 Å². The molecule has 0 spiro atoms. The second-order valence-corrected chi connectivity index (χ2v) is 5.81. The first-order valence-corrected chi connectivity index (χ1v) is 8.66. The van der Waals surface area contributed by atoms with Crippen molar-refractivity contribution in [2.24, 2.45) is 0 Å². The van der Waals surface area contributed by atoms with E-state index < -0.39 is 0 Å². The molecule has 20 heavy (non-hydrogen) atoms. The van der Waals surface area contributed by atoms with E-state index in [0.29, 0.717) is 6.04 Å². The fraction of sp³-hybridized carbons (Fsp3) is 1.00. The molecule has 0 aromatic carbocycles. The Bertz CT molecular complexity index is 199. The van der Waals surface area contributed by atoms with E-state index >= 15 is 0 Å². The molecule has 0 aliphatic rings. The Morgan fingerprint density at radius 1 is 1.00 bits per heavy atom. The Hall–Kier alpha value is -0.120. The van der Waals surface area contributed by atoms with Gasteiger partial charge in [-0.3, -0.25) is 0 Å². The smallest absolute Gasteiger partial charge is 0.0831 e. The molecule has 0 bridgehead atoms. The number of rotatable bonds is 14. The molecule has 0 rings (SSSR count). The predicted octanol–water partition coefficient (Wildman–Crippen LogP) is 3.89. The summed E-state index contributed by atoms with van der Waals surface area (Å²) >= 11 is 0. The van der Waals surface area contributed by atoms with Crippen LogP contribution >= 0.6 is 0 Å². The van der Waals surface area contributed by atoms with Crippen LogP contribution in [0, 0.1) is 0 Å². The van der Waals surface area contributed by atoms with Crippen molar-refractivity contribution < 1.29 is 9.84 Å². The predicted molar refractivity (Wildman–Crippen MR) is 87.2 cm³/mol. The van der Waals surface area contributed by atoms with Gasteiger partial charge in [-0.2, -0.15) is 0 Å². The lowest BCUT2D eigenvalue weighted by atomic mass is 9.98. The summed E-state index contributed by atoms with van der Waals surface area (Å²) in [6, 6.07) is 0.408. The SMILES string of the molecule is CCCCCCCC(CC(O)C(CC)OCCC)NC. The maximum absolute atomic E-state index is 10.3. The molecule has 3 atom stereocenters. The number of hydrogen-bond acceptors (Lipinski definition) is 3. The highest BCUT2D eigenvalue weighted by molar-refractivity contribution is 4.75. The van der Waals surface area contributed by atoms with E-state index in [9.17, 15) is 5.11 Å². The van der Waals surface area contributed by atoms with E-state index in [2.05, 4.69) is 26.1 Å². The van der Waals surface area contributed by atoms with Crippen molar-refractivity contribution in [2.45, 2.75) is 96.8 Å². The molecule has 0 aromatic rings. The van der Waals surface area contributed by atoms with Crippen LogP contribution in [0.1, 0.15) is 78.6 Å². The van der Waals surface area contributed by atoms with Gasteiger partial charge >= 0.3 is 0 Å². The van der Waals surface area contributed by atoms with Gasteiger partial charge in [0.05, 0.1) is 12.2 Å². The molecule has 0 aromatic heterocycles. The second-order valence-electron chi connectivity index (χ2n) is 5.81. The lowest BCUT2D eigenvalue weighted by Gasteiger charge is -2.26. The molecule has 0 saturated heterocycles. The van der Waals surface area contributed by atoms with Gasteiger partial charge in [0, 0.05) is 12.6 Å². The van der Waals surface area contributed by atoms with Gasteiger partial charge in [0.1, 0.15) is 0 Å². The Kier molecular flexibility index (Phi) is 13.8. The quantitative estimate of drug-likeness (QED) is 0.476. The minimum absolute atomic E-state index is 0.00843. The highest BCUT2D eigenvalue weighted by Gasteiger charge is 2.21. The summed E-state index contributed by atoms with van der Waals surface area (Å²) < 4.78 is 5.73. The summed E-state index contributed by atoms with van der Waals surface area (Å²) in [4.78, 5) is 0. The summed E-state index contributed by atoms with van der Waals surface area (Å²) in [6.07, 6.45) is 10.0. The number of ether oxygens (including phenoxy) is 1. The van der Waals surface area contributed by atoms with E-state index in [4.69, 9.17) is 4.74 Å². The van der Waals surface area contributed by atoms with Gasteiger partial charge in [-0.15, -0.1) is 0 Å². The number of unbranched alkanes of at least 4 members (excludes halogenated alkanes) is 4. The van der Waals surface area contributed by atoms with Crippen LogP contribution in [0.15, 0.2) is 0 Å². The van der Waals surface area contributed by atoms with Gasteiger partial charge in [-0.05, 0) is 32.7 Å². The topological polar surface area (TPSA) is 41.5 Å². The Morgan fingerprint density at radius 3 is 2.25 bits per heavy atom. The summed E-state index contributed by atoms with van der Waals surface area (Å²) in [7, 11) is 2.00. The molecule has 0 aliphatic carbocycles. The van der Waals surface area contributed by atoms with Crippen molar-refractivity contribution in [3.05, 3.63) is 0 Å². The number of aliphatic hydroxyl groups is 1. The van der Waals surface area contributed by atoms with Crippen molar-refractivity contribution in [3.63, 3.8) is 0 Å². The van der Waals surface area contributed by atoms with Gasteiger partial charge in [0.2, 0.25) is 0 Å². The Balaban J connectivity index is 3.93. The first-order valence-electron chi connectivity index (χ1n) is 8.66. The fourth-order valence-corrected chi connectivity index (χ4v) is 2.59. The maximum Gasteiger partial charge on any atom is 0.0831 e. The van der Waals surface area contributed by atoms with Crippen LogP contribution in [0.25, 0.3) is 0 Å². The van der Waals surface area contributed by atoms with Crippen LogP contribution in [0.2, 0.25) is 0 Å². The molecular formula is C17H37NO2. The van der Waals surface area contributed by atoms with E-state index in [1.807, 2.05) is 7.05 Å². The maximum atomic E-state index is 10.3. The zero-order valence-electron chi connectivity index (χ0n) is 14.2. The van der Waals surface area contributed by atoms with Crippen LogP contribution < -0.4 is 5.32 Å². The highest BCUT2D eigenvalue weighted by Crippen LogP contribution is 2.15. The van der Waals surface area contributed by atoms with Gasteiger partial charge in [0.25, 0.3) is 0 Å². The summed E-state index contributed by atoms with van der Waals surface area (Å²) in [5, 5.41) is 13.7. The average Bonchev–Trinajstić information content (AvgIpc) is 2.46. The lowest BCUT2D eigenvalue weighted by Crippen LogP contribution is -2.36. The van der Waals surface area contributed by atoms with Crippen molar-refractivity contribution in [3.8, 4) is 0 Å². The van der Waals surface area contributed by atoms with Crippen LogP contribution in [-0.2, 0) is 4.74 Å². The van der Waals surface area contributed by atoms with Crippen LogP contribution in [0.3, 0.4) is 0 Å². The molecular weight excluding hydrogens is 250 g/mol. The van der Waals surface area contributed by atoms with Gasteiger partial charge in [-0.25, -0.2) is 0 Å². The van der Waals surface area contributed by atoms with Crippen LogP contribution in [0.5, 0.6) is 0 Å². The van der Waals surface area contributed by atoms with Gasteiger partial charge in [-0.1, -0.05) is 52.9 Å². The zero-order valence-corrected chi connectivity index (χ0v) is 14.2. The fourth-order valence-electron chi connectivity index (χ4n) is 2.59. The Labute approximate surface area is 126 Å². The van der Waals surface area contributed by atoms with Crippen molar-refractivity contribution in [1.29, 1.82) is 0 Å². The van der Waals surface area contributed by atoms with E-state index in [-0.39, 0.29) is 12.2 Å². The first kappa shape index (κ1) is 19.9. The second kappa shape index (κ2) is 13.8. The van der Waals surface area contributed by atoms with E-state index in [1.54, 1.807) is 0 Å². The number of aliphatic hydroxyl groups excluding tert-OH is 1. The number of hydrogen-bond donors (Lipinski definition) is 2. The van der Waals surface area contributed by atoms with E-state index in [1.165, 1.54) is 32.1 Å². The highest BCUT2D eigenvalue weighted by atomic mass is 16.5. The molecule has 0 heterocycles. The molecule has 0 radical (unpaired) electrons. The van der Waals surface area contributed by atoms with Gasteiger partial charge in [0.15, 0.2) is 0 Å². The van der Waals surface area contributed by atoms with Crippen LogP contribution in [-0.4, -0.2) is 37.0 Å².